The molecule has 3 heterocycles. The van der Waals surface area contributed by atoms with Crippen LogP contribution in [0.15, 0.2) is 0 Å². The summed E-state index contributed by atoms with van der Waals surface area (Å²) in [5.74, 6) is -9.36. The minimum atomic E-state index is -6.16. The maximum Gasteiger partial charge on any atom is 0.463 e. The average Bonchev–Trinajstić information content (AvgIpc) is 3.56. The molecule has 0 radical (unpaired) electrons. The van der Waals surface area contributed by atoms with Crippen molar-refractivity contribution in [2.45, 2.75) is 74.3 Å². The first-order valence-electron chi connectivity index (χ1n) is 12.2. The van der Waals surface area contributed by atoms with Gasteiger partial charge < -0.3 is 20.9 Å². The van der Waals surface area contributed by atoms with E-state index in [0.717, 1.165) is 16.4 Å². The lowest BCUT2D eigenvalue weighted by atomic mass is 9.85. The topological polar surface area (TPSA) is 131 Å². The standard InChI is InChI=1S/C23H30F5N5O4S2/c1-20(2,3)15(32-19(37)22(24,25)23(26,27)28)18(36)33-11-21(38-6-7-39-21)9-14(33)17(35)31-13(10-29)8-12-4-5-30-16(12)34/h12-15H,4-9,11H2,1-3H3,(H,30,34)(H,31,35)(H,32,37)/t12-,13-,14-,15+/m0/s1. The minimum Gasteiger partial charge on any atom is -0.356 e. The molecule has 39 heavy (non-hydrogen) atoms. The van der Waals surface area contributed by atoms with Crippen molar-refractivity contribution in [3.8, 4) is 6.07 Å². The van der Waals surface area contributed by atoms with Crippen molar-refractivity contribution in [2.75, 3.05) is 24.6 Å². The van der Waals surface area contributed by atoms with Crippen LogP contribution in [0.4, 0.5) is 22.0 Å². The van der Waals surface area contributed by atoms with Crippen LogP contribution in [0.25, 0.3) is 0 Å². The zero-order chi connectivity index (χ0) is 29.4. The molecule has 0 aromatic rings. The summed E-state index contributed by atoms with van der Waals surface area (Å²) < 4.78 is 65.3. The number of nitrogens with one attached hydrogen (secondary N) is 3. The predicted molar refractivity (Wildman–Crippen MR) is 133 cm³/mol. The molecule has 4 atom stereocenters. The van der Waals surface area contributed by atoms with Gasteiger partial charge in [0.15, 0.2) is 0 Å². The number of thioether (sulfide) groups is 2. The van der Waals surface area contributed by atoms with E-state index < -0.39 is 63.4 Å². The monoisotopic (exact) mass is 599 g/mol. The lowest BCUT2D eigenvalue weighted by Crippen LogP contribution is -2.62. The number of hydrogen-bond acceptors (Lipinski definition) is 7. The smallest absolute Gasteiger partial charge is 0.356 e. The van der Waals surface area contributed by atoms with Crippen LogP contribution in [0.5, 0.6) is 0 Å². The Morgan fingerprint density at radius 3 is 2.26 bits per heavy atom. The Labute approximate surface area is 230 Å². The Bertz CT molecular complexity index is 1040. The van der Waals surface area contributed by atoms with E-state index in [1.54, 1.807) is 5.32 Å². The van der Waals surface area contributed by atoms with Gasteiger partial charge in [0, 0.05) is 36.9 Å². The number of hydrogen-bond donors (Lipinski definition) is 3. The molecule has 1 spiro atoms. The molecule has 3 aliphatic rings. The van der Waals surface area contributed by atoms with Crippen LogP contribution in [-0.4, -0.2) is 87.4 Å². The first kappa shape index (κ1) is 31.3. The molecule has 0 aromatic heterocycles. The van der Waals surface area contributed by atoms with Crippen LogP contribution >= 0.6 is 23.5 Å². The summed E-state index contributed by atoms with van der Waals surface area (Å²) >= 11 is 3.00. The first-order valence-corrected chi connectivity index (χ1v) is 14.2. The Hall–Kier alpha value is -2.28. The molecule has 3 rings (SSSR count). The van der Waals surface area contributed by atoms with Gasteiger partial charge in [0.05, 0.1) is 10.1 Å². The maximum absolute atomic E-state index is 13.7. The molecular formula is C23H30F5N5O4S2. The average molecular weight is 600 g/mol. The van der Waals surface area contributed by atoms with Crippen LogP contribution in [-0.2, 0) is 19.2 Å². The van der Waals surface area contributed by atoms with Crippen molar-refractivity contribution < 1.29 is 41.1 Å². The van der Waals surface area contributed by atoms with Crippen molar-refractivity contribution in [3.63, 3.8) is 0 Å². The molecule has 3 fully saturated rings. The van der Waals surface area contributed by atoms with Gasteiger partial charge in [0.25, 0.3) is 0 Å². The van der Waals surface area contributed by atoms with Gasteiger partial charge in [0.1, 0.15) is 18.1 Å². The van der Waals surface area contributed by atoms with E-state index in [1.165, 1.54) is 44.3 Å². The van der Waals surface area contributed by atoms with E-state index in [-0.39, 0.29) is 25.3 Å². The third kappa shape index (κ3) is 6.72. The lowest BCUT2D eigenvalue weighted by molar-refractivity contribution is -0.270. The van der Waals surface area contributed by atoms with E-state index in [2.05, 4.69) is 10.6 Å². The van der Waals surface area contributed by atoms with Crippen LogP contribution < -0.4 is 16.0 Å². The molecule has 0 unspecified atom stereocenters. The van der Waals surface area contributed by atoms with Crippen LogP contribution in [0, 0.1) is 22.7 Å². The molecule has 0 bridgehead atoms. The number of carbonyl (C=O) groups is 4. The number of halogens is 5. The Morgan fingerprint density at radius 2 is 1.77 bits per heavy atom. The van der Waals surface area contributed by atoms with E-state index in [0.29, 0.717) is 13.0 Å². The quantitative estimate of drug-likeness (QED) is 0.382. The van der Waals surface area contributed by atoms with Gasteiger partial charge in [-0.2, -0.15) is 27.2 Å². The number of likely N-dealkylation sites (tertiary alicyclic amines) is 1. The number of nitriles is 1. The lowest BCUT2D eigenvalue weighted by Gasteiger charge is -2.36. The summed E-state index contributed by atoms with van der Waals surface area (Å²) in [5.41, 5.74) is -1.30. The normalized spacial score (nSPS) is 24.7. The second-order valence-electron chi connectivity index (χ2n) is 10.8. The first-order chi connectivity index (χ1) is 17.9. The van der Waals surface area contributed by atoms with Gasteiger partial charge in [-0.25, -0.2) is 0 Å². The maximum atomic E-state index is 13.7. The van der Waals surface area contributed by atoms with Gasteiger partial charge >= 0.3 is 18.0 Å². The SMILES string of the molecule is CC(C)(C)[C@H](NC(=O)C(F)(F)C(F)(F)F)C(=O)N1CC2(C[C@H]1C(=O)N[C@H](C#N)C[C@@H]1CCNC1=O)SCCS2. The highest BCUT2D eigenvalue weighted by molar-refractivity contribution is 8.21. The highest BCUT2D eigenvalue weighted by atomic mass is 32.2. The molecule has 3 N–H and O–H groups in total. The second kappa shape index (κ2) is 11.3. The summed E-state index contributed by atoms with van der Waals surface area (Å²) in [6.45, 7) is 4.60. The van der Waals surface area contributed by atoms with Crippen molar-refractivity contribution in [3.05, 3.63) is 0 Å². The van der Waals surface area contributed by atoms with E-state index in [9.17, 15) is 46.4 Å². The summed E-state index contributed by atoms with van der Waals surface area (Å²) in [6, 6.07) is -2.09. The zero-order valence-electron chi connectivity index (χ0n) is 21.5. The van der Waals surface area contributed by atoms with Gasteiger partial charge in [-0.1, -0.05) is 20.8 Å². The molecule has 16 heteroatoms. The fraction of sp³-hybridized carbons (Fsp3) is 0.783. The van der Waals surface area contributed by atoms with E-state index in [4.69, 9.17) is 0 Å². The minimum absolute atomic E-state index is 0.0143. The van der Waals surface area contributed by atoms with Gasteiger partial charge in [-0.05, 0) is 18.3 Å². The van der Waals surface area contributed by atoms with Crippen molar-refractivity contribution in [2.24, 2.45) is 11.3 Å². The molecule has 0 saturated carbocycles. The summed E-state index contributed by atoms with van der Waals surface area (Å²) in [5, 5.41) is 16.4. The second-order valence-corrected chi connectivity index (χ2v) is 14.1. The predicted octanol–water partition coefficient (Wildman–Crippen LogP) is 2.03. The Kier molecular flexibility index (Phi) is 9.06. The molecule has 4 amide bonds. The molecule has 9 nitrogen and oxygen atoms in total. The fourth-order valence-electron chi connectivity index (χ4n) is 4.74. The molecule has 0 aliphatic carbocycles. The van der Waals surface area contributed by atoms with Gasteiger partial charge in [0.2, 0.25) is 17.7 Å². The van der Waals surface area contributed by atoms with E-state index in [1.807, 2.05) is 6.07 Å². The van der Waals surface area contributed by atoms with E-state index >= 15 is 0 Å². The number of rotatable bonds is 7. The third-order valence-electron chi connectivity index (χ3n) is 6.88. The summed E-state index contributed by atoms with van der Waals surface area (Å²) in [7, 11) is 0. The molecule has 3 aliphatic heterocycles. The fourth-order valence-corrected chi connectivity index (χ4v) is 8.00. The van der Waals surface area contributed by atoms with Crippen LogP contribution in [0.3, 0.4) is 0 Å². The molecule has 218 valence electrons. The highest BCUT2D eigenvalue weighted by Crippen LogP contribution is 2.52. The number of nitrogens with zero attached hydrogens (tertiary/aromatic N) is 2. The van der Waals surface area contributed by atoms with Crippen molar-refractivity contribution in [1.82, 2.24) is 20.9 Å². The molecule has 3 saturated heterocycles. The van der Waals surface area contributed by atoms with Crippen molar-refractivity contribution >= 4 is 47.2 Å². The van der Waals surface area contributed by atoms with Gasteiger partial charge in [-0.3, -0.25) is 19.2 Å². The van der Waals surface area contributed by atoms with Crippen molar-refractivity contribution in [1.29, 1.82) is 5.26 Å². The zero-order valence-corrected chi connectivity index (χ0v) is 23.1. The number of amides is 4. The molecule has 0 aromatic carbocycles. The Balaban J connectivity index is 1.85. The summed E-state index contributed by atoms with van der Waals surface area (Å²) in [6.07, 6.45) is -5.47. The van der Waals surface area contributed by atoms with Crippen LogP contribution in [0.1, 0.15) is 40.0 Å². The summed E-state index contributed by atoms with van der Waals surface area (Å²) in [4.78, 5) is 52.1. The number of carbonyl (C=O) groups excluding carboxylic acids is 4. The Morgan fingerprint density at radius 1 is 1.15 bits per heavy atom. The van der Waals surface area contributed by atoms with Gasteiger partial charge in [-0.15, -0.1) is 23.5 Å². The van der Waals surface area contributed by atoms with Crippen LogP contribution in [0.2, 0.25) is 0 Å². The molecular weight excluding hydrogens is 569 g/mol. The highest BCUT2D eigenvalue weighted by Gasteiger charge is 2.64. The number of alkyl halides is 5. The third-order valence-corrected chi connectivity index (χ3v) is 10.3. The largest absolute Gasteiger partial charge is 0.463 e.